The highest BCUT2D eigenvalue weighted by Gasteiger charge is 2.19. The number of fused-ring (bicyclic) bond motifs is 5. The second-order valence-electron chi connectivity index (χ2n) is 13.4. The fourth-order valence-electron chi connectivity index (χ4n) is 7.69. The topological polar surface area (TPSA) is 16.4 Å². The van der Waals surface area contributed by atoms with Gasteiger partial charge in [0.25, 0.3) is 0 Å². The van der Waals surface area contributed by atoms with Crippen molar-refractivity contribution in [1.82, 2.24) is 0 Å². The van der Waals surface area contributed by atoms with E-state index < -0.39 is 0 Å². The average molecular weight is 664 g/mol. The van der Waals surface area contributed by atoms with Gasteiger partial charge in [0.15, 0.2) is 0 Å². The van der Waals surface area contributed by atoms with Crippen LogP contribution in [0.5, 0.6) is 0 Å². The van der Waals surface area contributed by atoms with Crippen molar-refractivity contribution in [2.45, 2.75) is 0 Å². The second-order valence-corrected chi connectivity index (χ2v) is 13.4. The van der Waals surface area contributed by atoms with E-state index in [1.165, 1.54) is 32.3 Å². The zero-order valence-electron chi connectivity index (χ0n) is 28.4. The van der Waals surface area contributed by atoms with E-state index in [1.54, 1.807) is 0 Å². The number of rotatable bonds is 6. The van der Waals surface area contributed by atoms with Crippen LogP contribution in [0.2, 0.25) is 0 Å². The van der Waals surface area contributed by atoms with Crippen LogP contribution in [0.3, 0.4) is 0 Å². The van der Waals surface area contributed by atoms with E-state index in [2.05, 4.69) is 193 Å². The molecule has 0 N–H and O–H groups in total. The molecule has 0 radical (unpaired) electrons. The van der Waals surface area contributed by atoms with Crippen LogP contribution < -0.4 is 4.90 Å². The van der Waals surface area contributed by atoms with Crippen LogP contribution >= 0.6 is 0 Å². The van der Waals surface area contributed by atoms with E-state index in [-0.39, 0.29) is 0 Å². The predicted molar refractivity (Wildman–Crippen MR) is 220 cm³/mol. The van der Waals surface area contributed by atoms with Gasteiger partial charge in [-0.25, -0.2) is 0 Å². The first-order chi connectivity index (χ1) is 25.8. The third kappa shape index (κ3) is 5.21. The van der Waals surface area contributed by atoms with Gasteiger partial charge >= 0.3 is 0 Å². The molecular formula is C50H33NO. The normalized spacial score (nSPS) is 11.5. The maximum atomic E-state index is 6.56. The molecule has 9 aromatic carbocycles. The van der Waals surface area contributed by atoms with Crippen LogP contribution in [0.25, 0.3) is 76.9 Å². The molecule has 0 unspecified atom stereocenters. The monoisotopic (exact) mass is 663 g/mol. The van der Waals surface area contributed by atoms with E-state index in [1.807, 2.05) is 12.1 Å². The summed E-state index contributed by atoms with van der Waals surface area (Å²) in [6.45, 7) is 0. The maximum absolute atomic E-state index is 6.56. The summed E-state index contributed by atoms with van der Waals surface area (Å²) in [5.41, 5.74) is 9.83. The third-order valence-corrected chi connectivity index (χ3v) is 10.2. The first kappa shape index (κ1) is 30.0. The number of benzene rings is 9. The fourth-order valence-corrected chi connectivity index (χ4v) is 7.69. The lowest BCUT2D eigenvalue weighted by Crippen LogP contribution is -2.09. The van der Waals surface area contributed by atoms with E-state index >= 15 is 0 Å². The zero-order valence-corrected chi connectivity index (χ0v) is 28.4. The van der Waals surface area contributed by atoms with Crippen LogP contribution in [0.4, 0.5) is 17.1 Å². The van der Waals surface area contributed by atoms with Crippen LogP contribution in [0.1, 0.15) is 0 Å². The predicted octanol–water partition coefficient (Wildman–Crippen LogP) is 14.4. The van der Waals surface area contributed by atoms with Gasteiger partial charge in [-0.05, 0) is 97.5 Å². The van der Waals surface area contributed by atoms with Crippen LogP contribution in [-0.2, 0) is 0 Å². The second kappa shape index (κ2) is 12.5. The Morgan fingerprint density at radius 3 is 1.73 bits per heavy atom. The quantitative estimate of drug-likeness (QED) is 0.165. The summed E-state index contributed by atoms with van der Waals surface area (Å²) in [5, 5.41) is 8.57. The van der Waals surface area contributed by atoms with Crippen molar-refractivity contribution >= 4 is 60.3 Å². The van der Waals surface area contributed by atoms with Gasteiger partial charge in [0.05, 0.1) is 0 Å². The van der Waals surface area contributed by atoms with Crippen LogP contribution in [0, 0.1) is 0 Å². The molecule has 0 aliphatic heterocycles. The Balaban J connectivity index is 1.07. The molecule has 2 heteroatoms. The molecule has 0 fully saturated rings. The van der Waals surface area contributed by atoms with E-state index in [9.17, 15) is 0 Å². The molecule has 10 rings (SSSR count). The fraction of sp³-hybridized carbons (Fsp3) is 0. The highest BCUT2D eigenvalue weighted by molar-refractivity contribution is 6.09. The summed E-state index contributed by atoms with van der Waals surface area (Å²) >= 11 is 0. The number of hydrogen-bond acceptors (Lipinski definition) is 2. The van der Waals surface area contributed by atoms with Crippen molar-refractivity contribution in [2.75, 3.05) is 4.90 Å². The minimum absolute atomic E-state index is 0.887. The maximum Gasteiger partial charge on any atom is 0.143 e. The lowest BCUT2D eigenvalue weighted by Gasteiger charge is -2.26. The number of hydrogen-bond donors (Lipinski definition) is 0. The summed E-state index contributed by atoms with van der Waals surface area (Å²) in [4.78, 5) is 2.36. The van der Waals surface area contributed by atoms with Crippen molar-refractivity contribution in [3.63, 3.8) is 0 Å². The number of nitrogens with zero attached hydrogens (tertiary/aromatic N) is 1. The molecule has 0 atom stereocenters. The molecule has 10 aromatic rings. The van der Waals surface area contributed by atoms with E-state index in [0.717, 1.165) is 61.6 Å². The van der Waals surface area contributed by atoms with Gasteiger partial charge in [0.1, 0.15) is 11.3 Å². The molecule has 0 aliphatic rings. The molecule has 0 amide bonds. The molecule has 0 spiro atoms. The molecule has 0 bridgehead atoms. The van der Waals surface area contributed by atoms with Crippen molar-refractivity contribution in [3.05, 3.63) is 200 Å². The number of para-hydroxylation sites is 1. The van der Waals surface area contributed by atoms with Gasteiger partial charge in [0, 0.05) is 33.6 Å². The summed E-state index contributed by atoms with van der Waals surface area (Å²) in [6.07, 6.45) is 0. The van der Waals surface area contributed by atoms with Crippen LogP contribution in [0.15, 0.2) is 205 Å². The lowest BCUT2D eigenvalue weighted by molar-refractivity contribution is 0.632. The van der Waals surface area contributed by atoms with Gasteiger partial charge in [-0.1, -0.05) is 152 Å². The van der Waals surface area contributed by atoms with Crippen LogP contribution in [-0.4, -0.2) is 0 Å². The first-order valence-electron chi connectivity index (χ1n) is 17.8. The number of anilines is 3. The van der Waals surface area contributed by atoms with Crippen molar-refractivity contribution < 1.29 is 4.42 Å². The first-order valence-corrected chi connectivity index (χ1v) is 17.8. The average Bonchev–Trinajstić information content (AvgIpc) is 3.61. The Bertz CT molecular complexity index is 2900. The molecule has 244 valence electrons. The molecule has 1 heterocycles. The Morgan fingerprint density at radius 1 is 0.308 bits per heavy atom. The molecule has 52 heavy (non-hydrogen) atoms. The van der Waals surface area contributed by atoms with E-state index in [4.69, 9.17) is 4.42 Å². The minimum atomic E-state index is 0.887. The standard InChI is InChI=1S/C50H33NO/c1-2-13-37(14-3-1)49-47-19-8-9-20-48(47)52-50(49)41-17-10-16-38(31-41)35-23-26-42(27-24-35)51(43-28-25-34-11-4-5-15-39(34)32-43)44-29-30-46-40(33-44)22-21-36-12-6-7-18-45(36)46/h1-33H. The Morgan fingerprint density at radius 2 is 0.885 bits per heavy atom. The lowest BCUT2D eigenvalue weighted by atomic mass is 9.96. The summed E-state index contributed by atoms with van der Waals surface area (Å²) < 4.78 is 6.56. The molecule has 2 nitrogen and oxygen atoms in total. The van der Waals surface area contributed by atoms with Crippen molar-refractivity contribution in [2.24, 2.45) is 0 Å². The molecule has 0 saturated carbocycles. The van der Waals surface area contributed by atoms with E-state index in [0.29, 0.717) is 0 Å². The summed E-state index contributed by atoms with van der Waals surface area (Å²) in [7, 11) is 0. The van der Waals surface area contributed by atoms with Crippen molar-refractivity contribution in [1.29, 1.82) is 0 Å². The smallest absolute Gasteiger partial charge is 0.143 e. The highest BCUT2D eigenvalue weighted by atomic mass is 16.3. The molecular weight excluding hydrogens is 631 g/mol. The molecule has 0 aliphatic carbocycles. The Hall–Kier alpha value is -6.90. The zero-order chi connectivity index (χ0) is 34.4. The Kier molecular flexibility index (Phi) is 7.18. The van der Waals surface area contributed by atoms with Gasteiger partial charge in [0.2, 0.25) is 0 Å². The van der Waals surface area contributed by atoms with Gasteiger partial charge in [-0.15, -0.1) is 0 Å². The Labute approximate surface area is 302 Å². The largest absolute Gasteiger partial charge is 0.455 e. The van der Waals surface area contributed by atoms with Gasteiger partial charge < -0.3 is 9.32 Å². The summed E-state index contributed by atoms with van der Waals surface area (Å²) in [6, 6.07) is 71.6. The molecule has 1 aromatic heterocycles. The van der Waals surface area contributed by atoms with Gasteiger partial charge in [-0.2, -0.15) is 0 Å². The SMILES string of the molecule is c1ccc(-c2c(-c3cccc(-c4ccc(N(c5ccc6ccccc6c5)c5ccc6c(ccc7ccccc76)c5)cc4)c3)oc3ccccc23)cc1. The third-order valence-electron chi connectivity index (χ3n) is 10.2. The van der Waals surface area contributed by atoms with Crippen molar-refractivity contribution in [3.8, 4) is 33.6 Å². The minimum Gasteiger partial charge on any atom is -0.455 e. The molecule has 0 saturated heterocycles. The highest BCUT2D eigenvalue weighted by Crippen LogP contribution is 2.43. The number of furan rings is 1. The van der Waals surface area contributed by atoms with Gasteiger partial charge in [-0.3, -0.25) is 0 Å². The summed E-state index contributed by atoms with van der Waals surface area (Å²) in [5.74, 6) is 0.887.